The van der Waals surface area contributed by atoms with Crippen LogP contribution in [0.5, 0.6) is 11.5 Å². The van der Waals surface area contributed by atoms with Crippen molar-refractivity contribution in [3.8, 4) is 22.8 Å². The number of phenols is 2. The standard InChI is InChI=1S/C14H13N3O2/c1-7-8(2)14(19)12-10(13(7)18)11(16-17-12)9-3-5-15-6-4-9/h3-6,18-19H,1-2H3,(H,16,17). The summed E-state index contributed by atoms with van der Waals surface area (Å²) in [5, 5.41) is 28.0. The first-order chi connectivity index (χ1) is 9.11. The van der Waals surface area contributed by atoms with E-state index in [0.717, 1.165) is 5.56 Å². The third-order valence-corrected chi connectivity index (χ3v) is 3.47. The summed E-state index contributed by atoms with van der Waals surface area (Å²) >= 11 is 0. The third-order valence-electron chi connectivity index (χ3n) is 3.47. The second-order valence-corrected chi connectivity index (χ2v) is 4.51. The average molecular weight is 255 g/mol. The molecule has 0 unspecified atom stereocenters. The Labute approximate surface area is 109 Å². The lowest BCUT2D eigenvalue weighted by Gasteiger charge is -2.08. The van der Waals surface area contributed by atoms with E-state index in [1.807, 2.05) is 0 Å². The van der Waals surface area contributed by atoms with E-state index in [1.54, 1.807) is 38.4 Å². The third kappa shape index (κ3) is 1.55. The highest BCUT2D eigenvalue weighted by atomic mass is 16.3. The van der Waals surface area contributed by atoms with Gasteiger partial charge in [-0.3, -0.25) is 10.1 Å². The van der Waals surface area contributed by atoms with Gasteiger partial charge in [-0.25, -0.2) is 0 Å². The van der Waals surface area contributed by atoms with E-state index in [4.69, 9.17) is 0 Å². The predicted octanol–water partition coefficient (Wildman–Crippen LogP) is 2.65. The van der Waals surface area contributed by atoms with Crippen molar-refractivity contribution in [2.75, 3.05) is 0 Å². The molecule has 0 spiro atoms. The topological polar surface area (TPSA) is 82.0 Å². The second kappa shape index (κ2) is 3.98. The Morgan fingerprint density at radius 2 is 1.63 bits per heavy atom. The summed E-state index contributed by atoms with van der Waals surface area (Å²) < 4.78 is 0. The molecule has 0 aliphatic heterocycles. The number of fused-ring (bicyclic) bond motifs is 1. The van der Waals surface area contributed by atoms with E-state index >= 15 is 0 Å². The van der Waals surface area contributed by atoms with Crippen molar-refractivity contribution >= 4 is 10.9 Å². The number of benzene rings is 1. The summed E-state index contributed by atoms with van der Waals surface area (Å²) in [4.78, 5) is 3.96. The Hall–Kier alpha value is -2.56. The number of hydrogen-bond donors (Lipinski definition) is 3. The second-order valence-electron chi connectivity index (χ2n) is 4.51. The van der Waals surface area contributed by atoms with Gasteiger partial charge >= 0.3 is 0 Å². The average Bonchev–Trinajstić information content (AvgIpc) is 2.88. The largest absolute Gasteiger partial charge is 0.507 e. The van der Waals surface area contributed by atoms with Gasteiger partial charge in [0.15, 0.2) is 0 Å². The van der Waals surface area contributed by atoms with Crippen LogP contribution in [0.4, 0.5) is 0 Å². The van der Waals surface area contributed by atoms with Crippen molar-refractivity contribution in [2.24, 2.45) is 0 Å². The lowest BCUT2D eigenvalue weighted by atomic mass is 10.0. The molecular weight excluding hydrogens is 242 g/mol. The molecular formula is C14H13N3O2. The van der Waals surface area contributed by atoms with Crippen LogP contribution in [0.2, 0.25) is 0 Å². The highest BCUT2D eigenvalue weighted by molar-refractivity contribution is 6.01. The van der Waals surface area contributed by atoms with Gasteiger partial charge in [-0.05, 0) is 37.1 Å². The van der Waals surface area contributed by atoms with Crippen molar-refractivity contribution in [1.29, 1.82) is 0 Å². The number of hydrogen-bond acceptors (Lipinski definition) is 4. The molecule has 3 N–H and O–H groups in total. The number of H-pyrrole nitrogens is 1. The Kier molecular flexibility index (Phi) is 2.41. The summed E-state index contributed by atoms with van der Waals surface area (Å²) in [5.41, 5.74) is 3.19. The highest BCUT2D eigenvalue weighted by Gasteiger charge is 2.19. The Morgan fingerprint density at radius 1 is 1.00 bits per heavy atom. The maximum atomic E-state index is 10.3. The van der Waals surface area contributed by atoms with E-state index < -0.39 is 0 Å². The van der Waals surface area contributed by atoms with Crippen LogP contribution in [-0.2, 0) is 0 Å². The Balaban J connectivity index is 2.42. The zero-order valence-electron chi connectivity index (χ0n) is 10.6. The molecule has 2 aromatic heterocycles. The first kappa shape index (κ1) is 11.5. The van der Waals surface area contributed by atoms with Crippen LogP contribution in [0, 0.1) is 13.8 Å². The van der Waals surface area contributed by atoms with Crippen LogP contribution in [0.25, 0.3) is 22.2 Å². The number of pyridine rings is 1. The fourth-order valence-corrected chi connectivity index (χ4v) is 2.19. The summed E-state index contributed by atoms with van der Waals surface area (Å²) in [6, 6.07) is 3.61. The molecule has 0 atom stereocenters. The van der Waals surface area contributed by atoms with Crippen molar-refractivity contribution < 1.29 is 10.2 Å². The van der Waals surface area contributed by atoms with Crippen molar-refractivity contribution in [1.82, 2.24) is 15.2 Å². The molecule has 0 aliphatic rings. The lowest BCUT2D eigenvalue weighted by Crippen LogP contribution is -1.86. The van der Waals surface area contributed by atoms with E-state index in [-0.39, 0.29) is 11.5 Å². The SMILES string of the molecule is Cc1c(C)c(O)c2c(-c3ccncc3)n[nH]c2c1O. The molecule has 0 bridgehead atoms. The number of nitrogens with one attached hydrogen (secondary N) is 1. The minimum Gasteiger partial charge on any atom is -0.507 e. The van der Waals surface area contributed by atoms with Gasteiger partial charge in [-0.2, -0.15) is 5.10 Å². The zero-order chi connectivity index (χ0) is 13.6. The highest BCUT2D eigenvalue weighted by Crippen LogP contribution is 2.41. The van der Waals surface area contributed by atoms with Gasteiger partial charge < -0.3 is 10.2 Å². The van der Waals surface area contributed by atoms with E-state index in [2.05, 4.69) is 15.2 Å². The monoisotopic (exact) mass is 255 g/mol. The molecule has 2 heterocycles. The minimum absolute atomic E-state index is 0.123. The number of aromatic nitrogens is 3. The number of nitrogens with zero attached hydrogens (tertiary/aromatic N) is 2. The van der Waals surface area contributed by atoms with Crippen LogP contribution in [0.1, 0.15) is 11.1 Å². The molecule has 96 valence electrons. The first-order valence-corrected chi connectivity index (χ1v) is 5.90. The quantitative estimate of drug-likeness (QED) is 0.584. The van der Waals surface area contributed by atoms with Gasteiger partial charge in [-0.15, -0.1) is 0 Å². The van der Waals surface area contributed by atoms with Gasteiger partial charge in [-0.1, -0.05) is 0 Å². The van der Waals surface area contributed by atoms with Crippen molar-refractivity contribution in [2.45, 2.75) is 13.8 Å². The molecule has 0 saturated carbocycles. The molecule has 3 aromatic rings. The summed E-state index contributed by atoms with van der Waals surface area (Å²) in [6.45, 7) is 3.53. The summed E-state index contributed by atoms with van der Waals surface area (Å²) in [5.74, 6) is 0.268. The smallest absolute Gasteiger partial charge is 0.144 e. The minimum atomic E-state index is 0.123. The predicted molar refractivity (Wildman–Crippen MR) is 72.1 cm³/mol. The van der Waals surface area contributed by atoms with Gasteiger partial charge in [0.05, 0.1) is 5.39 Å². The number of rotatable bonds is 1. The number of aromatic hydroxyl groups is 2. The fraction of sp³-hybridized carbons (Fsp3) is 0.143. The normalized spacial score (nSPS) is 11.1. The van der Waals surface area contributed by atoms with Gasteiger partial charge in [0.2, 0.25) is 0 Å². The molecule has 5 heteroatoms. The summed E-state index contributed by atoms with van der Waals surface area (Å²) in [6.07, 6.45) is 3.32. The number of phenolic OH excluding ortho intramolecular Hbond substituents is 2. The van der Waals surface area contributed by atoms with Crippen LogP contribution in [0.3, 0.4) is 0 Å². The first-order valence-electron chi connectivity index (χ1n) is 5.90. The fourth-order valence-electron chi connectivity index (χ4n) is 2.19. The molecule has 5 nitrogen and oxygen atoms in total. The van der Waals surface area contributed by atoms with E-state index in [1.165, 1.54) is 0 Å². The maximum Gasteiger partial charge on any atom is 0.144 e. The molecule has 0 aliphatic carbocycles. The van der Waals surface area contributed by atoms with Crippen LogP contribution in [-0.4, -0.2) is 25.4 Å². The van der Waals surface area contributed by atoms with Crippen molar-refractivity contribution in [3.63, 3.8) is 0 Å². The van der Waals surface area contributed by atoms with Crippen molar-refractivity contribution in [3.05, 3.63) is 35.7 Å². The van der Waals surface area contributed by atoms with Gasteiger partial charge in [0.1, 0.15) is 22.7 Å². The molecule has 0 radical (unpaired) electrons. The molecule has 3 rings (SSSR count). The van der Waals surface area contributed by atoms with E-state index in [9.17, 15) is 10.2 Å². The van der Waals surface area contributed by atoms with Gasteiger partial charge in [0.25, 0.3) is 0 Å². The molecule has 19 heavy (non-hydrogen) atoms. The van der Waals surface area contributed by atoms with Crippen LogP contribution < -0.4 is 0 Å². The molecule has 1 aromatic carbocycles. The number of aromatic amines is 1. The Bertz CT molecular complexity index is 763. The van der Waals surface area contributed by atoms with Gasteiger partial charge in [0, 0.05) is 18.0 Å². The van der Waals surface area contributed by atoms with Crippen LogP contribution >= 0.6 is 0 Å². The van der Waals surface area contributed by atoms with Crippen LogP contribution in [0.15, 0.2) is 24.5 Å². The molecule has 0 fully saturated rings. The lowest BCUT2D eigenvalue weighted by molar-refractivity contribution is 0.462. The summed E-state index contributed by atoms with van der Waals surface area (Å²) in [7, 11) is 0. The molecule has 0 amide bonds. The zero-order valence-corrected chi connectivity index (χ0v) is 10.6. The Morgan fingerprint density at radius 3 is 2.32 bits per heavy atom. The van der Waals surface area contributed by atoms with E-state index in [0.29, 0.717) is 27.7 Å². The maximum absolute atomic E-state index is 10.3. The molecule has 0 saturated heterocycles.